The number of allylic oxidation sites excluding steroid dienone is 1. The largest absolute Gasteiger partial charge is 0.479 e. The van der Waals surface area contributed by atoms with E-state index in [1.165, 1.54) is 11.8 Å². The molecular weight excluding hydrogens is 272 g/mol. The molecule has 0 bridgehead atoms. The van der Waals surface area contributed by atoms with E-state index in [2.05, 4.69) is 11.2 Å². The van der Waals surface area contributed by atoms with Gasteiger partial charge in [0.1, 0.15) is 0 Å². The number of carbonyl (C=O) groups is 1. The van der Waals surface area contributed by atoms with E-state index in [4.69, 9.17) is 9.84 Å². The maximum Gasteiger partial charge on any atom is 0.333 e. The van der Waals surface area contributed by atoms with Crippen LogP contribution < -0.4 is 0 Å². The summed E-state index contributed by atoms with van der Waals surface area (Å²) in [5.74, 6) is 1.98. The van der Waals surface area contributed by atoms with Gasteiger partial charge in [0.25, 0.3) is 0 Å². The van der Waals surface area contributed by atoms with Gasteiger partial charge in [-0.1, -0.05) is 29.7 Å². The Kier molecular flexibility index (Phi) is 7.56. The first-order valence-electron chi connectivity index (χ1n) is 6.36. The van der Waals surface area contributed by atoms with Gasteiger partial charge in [-0.3, -0.25) is 0 Å². The van der Waals surface area contributed by atoms with Crippen LogP contribution in [-0.4, -0.2) is 23.8 Å². The van der Waals surface area contributed by atoms with E-state index in [0.717, 1.165) is 10.5 Å². The van der Waals surface area contributed by atoms with Crippen molar-refractivity contribution in [3.8, 4) is 11.2 Å². The van der Waals surface area contributed by atoms with E-state index in [1.54, 1.807) is 13.0 Å². The van der Waals surface area contributed by atoms with Crippen molar-refractivity contribution in [3.63, 3.8) is 0 Å². The lowest BCUT2D eigenvalue weighted by molar-refractivity contribution is -0.149. The third-order valence-corrected chi connectivity index (χ3v) is 3.17. The molecule has 1 unspecified atom stereocenters. The first-order valence-corrected chi connectivity index (χ1v) is 7.17. The molecule has 3 nitrogen and oxygen atoms in total. The summed E-state index contributed by atoms with van der Waals surface area (Å²) in [6.07, 6.45) is 1.30. The van der Waals surface area contributed by atoms with Gasteiger partial charge in [-0.2, -0.15) is 0 Å². The van der Waals surface area contributed by atoms with Crippen molar-refractivity contribution in [2.24, 2.45) is 0 Å². The summed E-state index contributed by atoms with van der Waals surface area (Å²) in [5, 5.41) is 12.0. The topological polar surface area (TPSA) is 46.5 Å². The molecule has 0 amide bonds. The highest BCUT2D eigenvalue weighted by molar-refractivity contribution is 8.03. The highest BCUT2D eigenvalue weighted by atomic mass is 32.2. The molecule has 1 aromatic rings. The fraction of sp³-hybridized carbons (Fsp3) is 0.312. The Morgan fingerprint density at radius 2 is 2.15 bits per heavy atom. The molecule has 0 aliphatic carbocycles. The van der Waals surface area contributed by atoms with Gasteiger partial charge in [0.2, 0.25) is 0 Å². The Balaban J connectivity index is 2.51. The summed E-state index contributed by atoms with van der Waals surface area (Å²) in [7, 11) is 0. The first kappa shape index (κ1) is 16.4. The summed E-state index contributed by atoms with van der Waals surface area (Å²) in [6.45, 7) is 4.03. The Bertz CT molecular complexity index is 512. The highest BCUT2D eigenvalue weighted by Crippen LogP contribution is 2.15. The van der Waals surface area contributed by atoms with Crippen molar-refractivity contribution in [2.45, 2.75) is 31.3 Å². The zero-order valence-corrected chi connectivity index (χ0v) is 12.4. The molecule has 1 atom stereocenters. The van der Waals surface area contributed by atoms with E-state index >= 15 is 0 Å². The molecule has 4 heteroatoms. The molecule has 0 aliphatic heterocycles. The number of ether oxygens (including phenoxy) is 1. The second kappa shape index (κ2) is 9.24. The van der Waals surface area contributed by atoms with Crippen LogP contribution in [0.5, 0.6) is 0 Å². The van der Waals surface area contributed by atoms with E-state index < -0.39 is 12.1 Å². The third-order valence-electron chi connectivity index (χ3n) is 2.44. The lowest BCUT2D eigenvalue weighted by atomic mass is 10.1. The van der Waals surface area contributed by atoms with Gasteiger partial charge >= 0.3 is 5.97 Å². The standard InChI is InChI=1S/C16H18O3S/c1-3-19-15(16(17)18)12-13(2)8-7-11-20-14-9-5-4-6-10-14/h4-6,8-10,15H,3,12H2,1-2H3,(H,17,18). The summed E-state index contributed by atoms with van der Waals surface area (Å²) in [6, 6.07) is 9.87. The molecule has 1 aromatic carbocycles. The van der Waals surface area contributed by atoms with Gasteiger partial charge in [-0.15, -0.1) is 0 Å². The maximum atomic E-state index is 10.9. The average molecular weight is 290 g/mol. The SMILES string of the molecule is CCOC(CC(C)=CC#CSc1ccccc1)C(=O)O. The average Bonchev–Trinajstić information content (AvgIpc) is 2.44. The molecule has 106 valence electrons. The number of carboxylic acid groups (broad SMARTS) is 1. The van der Waals surface area contributed by atoms with Crippen molar-refractivity contribution in [1.29, 1.82) is 0 Å². The smallest absolute Gasteiger partial charge is 0.333 e. The zero-order valence-electron chi connectivity index (χ0n) is 11.6. The van der Waals surface area contributed by atoms with E-state index in [-0.39, 0.29) is 0 Å². The predicted octanol–water partition coefficient (Wildman–Crippen LogP) is 3.57. The minimum Gasteiger partial charge on any atom is -0.479 e. The predicted molar refractivity (Wildman–Crippen MR) is 81.5 cm³/mol. The summed E-state index contributed by atoms with van der Waals surface area (Å²) >= 11 is 1.44. The van der Waals surface area contributed by atoms with Crippen molar-refractivity contribution in [3.05, 3.63) is 42.0 Å². The number of rotatable bonds is 6. The number of carboxylic acids is 1. The fourth-order valence-electron chi connectivity index (χ4n) is 1.50. The second-order valence-corrected chi connectivity index (χ2v) is 5.02. The van der Waals surface area contributed by atoms with Crippen LogP contribution in [0, 0.1) is 11.2 Å². The van der Waals surface area contributed by atoms with Gasteiger partial charge in [0, 0.05) is 17.9 Å². The minimum atomic E-state index is -0.939. The van der Waals surface area contributed by atoms with Gasteiger partial charge < -0.3 is 9.84 Å². The number of hydrogen-bond acceptors (Lipinski definition) is 3. The molecule has 0 aliphatic rings. The normalized spacial score (nSPS) is 12.4. The van der Waals surface area contributed by atoms with Crippen LogP contribution in [0.3, 0.4) is 0 Å². The summed E-state index contributed by atoms with van der Waals surface area (Å²) in [4.78, 5) is 12.0. The Morgan fingerprint density at radius 1 is 1.45 bits per heavy atom. The number of aliphatic carboxylic acids is 1. The maximum absolute atomic E-state index is 10.9. The molecule has 0 heterocycles. The van der Waals surface area contributed by atoms with Crippen molar-refractivity contribution < 1.29 is 14.6 Å². The number of hydrogen-bond donors (Lipinski definition) is 1. The van der Waals surface area contributed by atoms with Crippen LogP contribution in [0.1, 0.15) is 20.3 Å². The second-order valence-electron chi connectivity index (χ2n) is 4.14. The van der Waals surface area contributed by atoms with Crippen LogP contribution in [0.4, 0.5) is 0 Å². The molecule has 0 saturated carbocycles. The Hall–Kier alpha value is -1.70. The van der Waals surface area contributed by atoms with E-state index in [0.29, 0.717) is 13.0 Å². The lowest BCUT2D eigenvalue weighted by Crippen LogP contribution is -2.24. The van der Waals surface area contributed by atoms with Gasteiger partial charge in [0.15, 0.2) is 6.10 Å². The quantitative estimate of drug-likeness (QED) is 0.642. The molecule has 0 radical (unpaired) electrons. The molecular formula is C16H18O3S. The number of thioether (sulfide) groups is 1. The molecule has 1 N–H and O–H groups in total. The third kappa shape index (κ3) is 6.46. The van der Waals surface area contributed by atoms with Gasteiger partial charge in [0.05, 0.1) is 0 Å². The first-order chi connectivity index (χ1) is 9.63. The minimum absolute atomic E-state index is 0.355. The highest BCUT2D eigenvalue weighted by Gasteiger charge is 2.17. The van der Waals surface area contributed by atoms with Crippen LogP contribution >= 0.6 is 11.8 Å². The Morgan fingerprint density at radius 3 is 2.75 bits per heavy atom. The lowest BCUT2D eigenvalue weighted by Gasteiger charge is -2.11. The Labute approximate surface area is 124 Å². The monoisotopic (exact) mass is 290 g/mol. The van der Waals surface area contributed by atoms with Gasteiger partial charge in [-0.05, 0) is 49.1 Å². The molecule has 0 aromatic heterocycles. The molecule has 0 fully saturated rings. The van der Waals surface area contributed by atoms with E-state index in [9.17, 15) is 4.79 Å². The van der Waals surface area contributed by atoms with Crippen LogP contribution in [-0.2, 0) is 9.53 Å². The summed E-state index contributed by atoms with van der Waals surface area (Å²) < 4.78 is 5.16. The van der Waals surface area contributed by atoms with Crippen molar-refractivity contribution in [2.75, 3.05) is 6.61 Å². The van der Waals surface area contributed by atoms with Crippen LogP contribution in [0.2, 0.25) is 0 Å². The van der Waals surface area contributed by atoms with Crippen molar-refractivity contribution in [1.82, 2.24) is 0 Å². The number of benzene rings is 1. The van der Waals surface area contributed by atoms with Crippen LogP contribution in [0.25, 0.3) is 0 Å². The molecule has 20 heavy (non-hydrogen) atoms. The van der Waals surface area contributed by atoms with E-state index in [1.807, 2.05) is 37.3 Å². The fourth-order valence-corrected chi connectivity index (χ4v) is 2.03. The van der Waals surface area contributed by atoms with Crippen LogP contribution in [0.15, 0.2) is 46.9 Å². The molecule has 1 rings (SSSR count). The molecule has 0 saturated heterocycles. The summed E-state index contributed by atoms with van der Waals surface area (Å²) in [5.41, 5.74) is 0.895. The van der Waals surface area contributed by atoms with Gasteiger partial charge in [-0.25, -0.2) is 4.79 Å². The zero-order chi connectivity index (χ0) is 14.8. The molecule has 0 spiro atoms. The van der Waals surface area contributed by atoms with Crippen molar-refractivity contribution >= 4 is 17.7 Å².